The normalized spacial score (nSPS) is 12.6. The zero-order valence-electron chi connectivity index (χ0n) is 26.5. The molecule has 0 aromatic heterocycles. The highest BCUT2D eigenvalue weighted by Crippen LogP contribution is 2.33. The highest BCUT2D eigenvalue weighted by Gasteiger charge is 2.26. The van der Waals surface area contributed by atoms with Crippen LogP contribution in [-0.4, -0.2) is 48.1 Å². The highest BCUT2D eigenvalue weighted by atomic mass is 35.5. The Morgan fingerprint density at radius 2 is 1.62 bits per heavy atom. The van der Waals surface area contributed by atoms with E-state index < -0.39 is 17.3 Å². The van der Waals surface area contributed by atoms with Gasteiger partial charge in [-0.2, -0.15) is 0 Å². The molecule has 1 aliphatic heterocycles. The Labute approximate surface area is 268 Å². The molecule has 4 rings (SSSR count). The molecule has 0 bridgehead atoms. The summed E-state index contributed by atoms with van der Waals surface area (Å²) in [7, 11) is 0. The number of benzene rings is 3. The Kier molecular flexibility index (Phi) is 10.1. The van der Waals surface area contributed by atoms with Crippen molar-refractivity contribution in [1.82, 2.24) is 5.32 Å². The van der Waals surface area contributed by atoms with E-state index in [0.29, 0.717) is 34.1 Å². The third kappa shape index (κ3) is 9.46. The minimum atomic E-state index is -0.720. The number of anilines is 3. The molecule has 3 aromatic carbocycles. The molecule has 0 fully saturated rings. The monoisotopic (exact) mass is 633 g/mol. The van der Waals surface area contributed by atoms with Crippen molar-refractivity contribution in [3.8, 4) is 0 Å². The average molecular weight is 634 g/mol. The van der Waals surface area contributed by atoms with Gasteiger partial charge >= 0.3 is 12.1 Å². The number of rotatable bonds is 8. The van der Waals surface area contributed by atoms with Crippen LogP contribution >= 0.6 is 11.6 Å². The van der Waals surface area contributed by atoms with Crippen LogP contribution in [0, 0.1) is 5.41 Å². The van der Waals surface area contributed by atoms with Crippen molar-refractivity contribution in [3.05, 3.63) is 87.9 Å². The van der Waals surface area contributed by atoms with Crippen molar-refractivity contribution >= 4 is 52.5 Å². The second-order valence-corrected chi connectivity index (χ2v) is 13.2. The number of para-hydroxylation sites is 1. The molecule has 238 valence electrons. The maximum Gasteiger partial charge on any atom is 0.413 e. The Bertz CT molecular complexity index is 1590. The van der Waals surface area contributed by atoms with Crippen LogP contribution in [0.5, 0.6) is 0 Å². The second kappa shape index (κ2) is 13.6. The van der Waals surface area contributed by atoms with Gasteiger partial charge in [0.2, 0.25) is 0 Å². The lowest BCUT2D eigenvalue weighted by Crippen LogP contribution is -2.36. The minimum absolute atomic E-state index is 0.125. The van der Waals surface area contributed by atoms with Crippen molar-refractivity contribution in [2.24, 2.45) is 0 Å². The first-order chi connectivity index (χ1) is 21.1. The van der Waals surface area contributed by atoms with Crippen LogP contribution in [0.15, 0.2) is 60.7 Å². The molecule has 1 aliphatic rings. The first kappa shape index (κ1) is 33.3. The zero-order chi connectivity index (χ0) is 32.9. The summed E-state index contributed by atoms with van der Waals surface area (Å²) in [5.74, 6) is -0.779. The van der Waals surface area contributed by atoms with Crippen LogP contribution in [-0.2, 0) is 27.2 Å². The van der Waals surface area contributed by atoms with E-state index in [2.05, 4.69) is 22.0 Å². The molecule has 0 atom stereocenters. The Hall–Kier alpha value is -4.57. The average Bonchev–Trinajstić information content (AvgIpc) is 3.33. The molecule has 4 N–H and O–H groups in total. The van der Waals surface area contributed by atoms with Gasteiger partial charge in [0.25, 0.3) is 5.91 Å². The molecule has 0 saturated heterocycles. The zero-order valence-corrected chi connectivity index (χ0v) is 27.2. The van der Waals surface area contributed by atoms with E-state index in [9.17, 15) is 14.4 Å². The third-order valence-electron chi connectivity index (χ3n) is 6.66. The molecule has 0 unspecified atom stereocenters. The third-order valence-corrected chi connectivity index (χ3v) is 6.90. The lowest BCUT2D eigenvalue weighted by Gasteiger charge is -2.25. The SMILES string of the molecule is CC(C)(C)OC(=O)CN1CCc2cccc(CNc3ccc(Cl)cc3C(=O)Nc3ccc(C(=N)NC(=O)OC(C)(C)C)cc3)c21. The fraction of sp³-hybridized carbons (Fsp3) is 0.353. The predicted molar refractivity (Wildman–Crippen MR) is 178 cm³/mol. The van der Waals surface area contributed by atoms with E-state index in [1.807, 2.05) is 37.8 Å². The van der Waals surface area contributed by atoms with Crippen LogP contribution in [0.1, 0.15) is 68.6 Å². The minimum Gasteiger partial charge on any atom is -0.459 e. The number of halogens is 1. The molecule has 0 saturated carbocycles. The van der Waals surface area contributed by atoms with Crippen LogP contribution in [0.2, 0.25) is 5.02 Å². The number of esters is 1. The number of amidine groups is 1. The number of carbonyl (C=O) groups is 3. The summed E-state index contributed by atoms with van der Waals surface area (Å²) in [5.41, 5.74) is 3.79. The van der Waals surface area contributed by atoms with Gasteiger partial charge in [0.1, 0.15) is 23.6 Å². The lowest BCUT2D eigenvalue weighted by molar-refractivity contribution is -0.153. The number of amides is 2. The van der Waals surface area contributed by atoms with Crippen molar-refractivity contribution in [1.29, 1.82) is 5.41 Å². The van der Waals surface area contributed by atoms with E-state index in [4.69, 9.17) is 26.5 Å². The molecule has 0 radical (unpaired) electrons. The summed E-state index contributed by atoms with van der Waals surface area (Å²) >= 11 is 6.28. The van der Waals surface area contributed by atoms with E-state index in [-0.39, 0.29) is 24.3 Å². The topological polar surface area (TPSA) is 133 Å². The van der Waals surface area contributed by atoms with Crippen LogP contribution in [0.25, 0.3) is 0 Å². The van der Waals surface area contributed by atoms with Gasteiger partial charge in [0.15, 0.2) is 0 Å². The number of ether oxygens (including phenoxy) is 2. The van der Waals surface area contributed by atoms with E-state index in [1.165, 1.54) is 0 Å². The van der Waals surface area contributed by atoms with Crippen molar-refractivity contribution in [3.63, 3.8) is 0 Å². The quantitative estimate of drug-likeness (QED) is 0.122. The van der Waals surface area contributed by atoms with Crippen LogP contribution < -0.4 is 20.9 Å². The number of fused-ring (bicyclic) bond motifs is 1. The number of nitrogens with zero attached hydrogens (tertiary/aromatic N) is 1. The molecular weight excluding hydrogens is 594 g/mol. The van der Waals surface area contributed by atoms with Gasteiger partial charge in [-0.3, -0.25) is 20.3 Å². The van der Waals surface area contributed by atoms with Gasteiger partial charge in [-0.25, -0.2) is 4.79 Å². The Morgan fingerprint density at radius 1 is 0.933 bits per heavy atom. The number of hydrogen-bond donors (Lipinski definition) is 4. The largest absolute Gasteiger partial charge is 0.459 e. The Morgan fingerprint density at radius 3 is 2.29 bits per heavy atom. The highest BCUT2D eigenvalue weighted by molar-refractivity contribution is 6.31. The molecule has 0 spiro atoms. The van der Waals surface area contributed by atoms with Crippen molar-refractivity contribution in [2.45, 2.75) is 65.7 Å². The number of nitrogens with one attached hydrogen (secondary N) is 4. The van der Waals surface area contributed by atoms with Crippen LogP contribution in [0.3, 0.4) is 0 Å². The van der Waals surface area contributed by atoms with Gasteiger partial charge in [0, 0.05) is 40.7 Å². The fourth-order valence-corrected chi connectivity index (χ4v) is 5.07. The standard InChI is InChI=1S/C34H40ClN5O5/c1-33(2,3)44-28(41)20-40-17-16-21-8-7-9-23(29(21)40)19-37-27-15-12-24(35)18-26(27)31(42)38-25-13-10-22(11-14-25)30(36)39-32(43)45-34(4,5)6/h7-15,18,37H,16-17,19-20H2,1-6H3,(H,38,42)(H2,36,39,43). The summed E-state index contributed by atoms with van der Waals surface area (Å²) in [4.78, 5) is 40.0. The smallest absolute Gasteiger partial charge is 0.413 e. The molecule has 3 aromatic rings. The number of hydrogen-bond acceptors (Lipinski definition) is 8. The van der Waals surface area contributed by atoms with Crippen molar-refractivity contribution < 1.29 is 23.9 Å². The van der Waals surface area contributed by atoms with Gasteiger partial charge < -0.3 is 25.0 Å². The first-order valence-corrected chi connectivity index (χ1v) is 15.1. The van der Waals surface area contributed by atoms with Gasteiger partial charge in [-0.1, -0.05) is 29.8 Å². The van der Waals surface area contributed by atoms with Gasteiger partial charge in [0.05, 0.1) is 5.56 Å². The summed E-state index contributed by atoms with van der Waals surface area (Å²) < 4.78 is 10.7. The summed E-state index contributed by atoms with van der Waals surface area (Å²) in [6.45, 7) is 12.1. The summed E-state index contributed by atoms with van der Waals surface area (Å²) in [5, 5.41) is 17.2. The molecule has 11 heteroatoms. The molecule has 1 heterocycles. The van der Waals surface area contributed by atoms with Crippen LogP contribution in [0.4, 0.5) is 21.9 Å². The lowest BCUT2D eigenvalue weighted by atomic mass is 10.1. The predicted octanol–water partition coefficient (Wildman–Crippen LogP) is 6.76. The Balaban J connectivity index is 1.44. The van der Waals surface area contributed by atoms with E-state index in [0.717, 1.165) is 29.8 Å². The molecule has 0 aliphatic carbocycles. The molecule has 2 amide bonds. The summed E-state index contributed by atoms with van der Waals surface area (Å²) in [6, 6.07) is 17.6. The molecular formula is C34H40ClN5O5. The first-order valence-electron chi connectivity index (χ1n) is 14.7. The number of alkyl carbamates (subject to hydrolysis) is 1. The van der Waals surface area contributed by atoms with Gasteiger partial charge in [-0.05, 0) is 102 Å². The summed E-state index contributed by atoms with van der Waals surface area (Å²) in [6.07, 6.45) is 0.109. The molecule has 10 nitrogen and oxygen atoms in total. The molecule has 45 heavy (non-hydrogen) atoms. The van der Waals surface area contributed by atoms with E-state index in [1.54, 1.807) is 63.2 Å². The second-order valence-electron chi connectivity index (χ2n) is 12.8. The maximum atomic E-state index is 13.4. The fourth-order valence-electron chi connectivity index (χ4n) is 4.90. The number of carbonyl (C=O) groups excluding carboxylic acids is 3. The van der Waals surface area contributed by atoms with E-state index >= 15 is 0 Å². The van der Waals surface area contributed by atoms with Gasteiger partial charge in [-0.15, -0.1) is 0 Å². The van der Waals surface area contributed by atoms with Crippen molar-refractivity contribution in [2.75, 3.05) is 28.6 Å². The maximum absolute atomic E-state index is 13.4.